The molecule has 0 aliphatic carbocycles. The van der Waals surface area contributed by atoms with Gasteiger partial charge in [-0.2, -0.15) is 0 Å². The zero-order valence-electron chi connectivity index (χ0n) is 10.8. The first-order valence-electron chi connectivity index (χ1n) is 6.02. The lowest BCUT2D eigenvalue weighted by atomic mass is 10.2. The van der Waals surface area contributed by atoms with Gasteiger partial charge in [0.05, 0.1) is 13.3 Å². The van der Waals surface area contributed by atoms with Gasteiger partial charge in [-0.3, -0.25) is 9.69 Å². The van der Waals surface area contributed by atoms with Crippen LogP contribution in [0.4, 0.5) is 5.69 Å². The number of ether oxygens (including phenoxy) is 1. The van der Waals surface area contributed by atoms with Gasteiger partial charge < -0.3 is 15.0 Å². The van der Waals surface area contributed by atoms with Crippen molar-refractivity contribution in [3.8, 4) is 0 Å². The molecular formula is C13H19N3O2. The molecule has 0 aromatic heterocycles. The molecule has 0 saturated carbocycles. The first kappa shape index (κ1) is 12.9. The molecule has 1 aromatic rings. The van der Waals surface area contributed by atoms with Gasteiger partial charge in [-0.1, -0.05) is 0 Å². The Bertz CT molecular complexity index is 397. The predicted molar refractivity (Wildman–Crippen MR) is 70.6 cm³/mol. The summed E-state index contributed by atoms with van der Waals surface area (Å²) in [5.74, 6) is -0.0489. The molecule has 5 nitrogen and oxygen atoms in total. The zero-order chi connectivity index (χ0) is 13.0. The SMILES string of the molecule is CN(C)c1ccc(C(=O)NCN2CCOC2)cc1. The van der Waals surface area contributed by atoms with Crippen LogP contribution in [-0.4, -0.2) is 51.5 Å². The summed E-state index contributed by atoms with van der Waals surface area (Å²) in [7, 11) is 3.95. The summed E-state index contributed by atoms with van der Waals surface area (Å²) in [6, 6.07) is 7.55. The topological polar surface area (TPSA) is 44.8 Å². The minimum absolute atomic E-state index is 0.0489. The zero-order valence-corrected chi connectivity index (χ0v) is 10.8. The van der Waals surface area contributed by atoms with Crippen molar-refractivity contribution >= 4 is 11.6 Å². The highest BCUT2D eigenvalue weighted by Crippen LogP contribution is 2.12. The van der Waals surface area contributed by atoms with Crippen LogP contribution in [0.5, 0.6) is 0 Å². The summed E-state index contributed by atoms with van der Waals surface area (Å²) in [6.07, 6.45) is 0. The number of hydrogen-bond acceptors (Lipinski definition) is 4. The molecular weight excluding hydrogens is 230 g/mol. The van der Waals surface area contributed by atoms with Crippen molar-refractivity contribution in [2.75, 3.05) is 45.5 Å². The Morgan fingerprint density at radius 3 is 2.67 bits per heavy atom. The van der Waals surface area contributed by atoms with E-state index >= 15 is 0 Å². The average molecular weight is 249 g/mol. The maximum atomic E-state index is 11.9. The van der Waals surface area contributed by atoms with Crippen LogP contribution in [0.25, 0.3) is 0 Å². The minimum atomic E-state index is -0.0489. The van der Waals surface area contributed by atoms with Gasteiger partial charge in [0, 0.05) is 31.9 Å². The van der Waals surface area contributed by atoms with Crippen molar-refractivity contribution in [3.05, 3.63) is 29.8 Å². The first-order valence-corrected chi connectivity index (χ1v) is 6.02. The number of carbonyl (C=O) groups excluding carboxylic acids is 1. The first-order chi connectivity index (χ1) is 8.66. The van der Waals surface area contributed by atoms with Crippen LogP contribution in [-0.2, 0) is 4.74 Å². The molecule has 2 rings (SSSR count). The summed E-state index contributed by atoms with van der Waals surface area (Å²) in [6.45, 7) is 2.75. The molecule has 1 fully saturated rings. The molecule has 98 valence electrons. The van der Waals surface area contributed by atoms with E-state index < -0.39 is 0 Å². The van der Waals surface area contributed by atoms with Crippen LogP contribution in [0.2, 0.25) is 0 Å². The lowest BCUT2D eigenvalue weighted by molar-refractivity contribution is 0.0900. The maximum Gasteiger partial charge on any atom is 0.252 e. The molecule has 0 radical (unpaired) electrons. The third-order valence-corrected chi connectivity index (χ3v) is 2.93. The van der Waals surface area contributed by atoms with Crippen LogP contribution in [0.3, 0.4) is 0 Å². The van der Waals surface area contributed by atoms with Crippen LogP contribution in [0, 0.1) is 0 Å². The molecule has 18 heavy (non-hydrogen) atoms. The highest BCUT2D eigenvalue weighted by atomic mass is 16.5. The second-order valence-electron chi connectivity index (χ2n) is 4.54. The summed E-state index contributed by atoms with van der Waals surface area (Å²) in [5.41, 5.74) is 1.76. The Kier molecular flexibility index (Phi) is 4.17. The molecule has 5 heteroatoms. The van der Waals surface area contributed by atoms with Gasteiger partial charge >= 0.3 is 0 Å². The Balaban J connectivity index is 1.87. The number of carbonyl (C=O) groups is 1. The van der Waals surface area contributed by atoms with E-state index in [-0.39, 0.29) is 5.91 Å². The van der Waals surface area contributed by atoms with E-state index in [1.54, 1.807) is 0 Å². The van der Waals surface area contributed by atoms with Gasteiger partial charge in [-0.15, -0.1) is 0 Å². The molecule has 1 aliphatic heterocycles. The van der Waals surface area contributed by atoms with Crippen molar-refractivity contribution in [2.24, 2.45) is 0 Å². The van der Waals surface area contributed by atoms with E-state index in [1.807, 2.05) is 48.2 Å². The quantitative estimate of drug-likeness (QED) is 0.854. The number of benzene rings is 1. The number of amides is 1. The average Bonchev–Trinajstić information content (AvgIpc) is 2.89. The third-order valence-electron chi connectivity index (χ3n) is 2.93. The van der Waals surface area contributed by atoms with Crippen molar-refractivity contribution < 1.29 is 9.53 Å². The van der Waals surface area contributed by atoms with Gasteiger partial charge in [0.2, 0.25) is 0 Å². The summed E-state index contributed by atoms with van der Waals surface area (Å²) < 4.78 is 5.21. The molecule has 1 amide bonds. The second-order valence-corrected chi connectivity index (χ2v) is 4.54. The minimum Gasteiger partial charge on any atom is -0.378 e. The normalized spacial score (nSPS) is 15.7. The number of hydrogen-bond donors (Lipinski definition) is 1. The molecule has 0 bridgehead atoms. The molecule has 0 spiro atoms. The summed E-state index contributed by atoms with van der Waals surface area (Å²) in [4.78, 5) is 15.9. The van der Waals surface area contributed by atoms with Crippen molar-refractivity contribution in [3.63, 3.8) is 0 Å². The number of nitrogens with zero attached hydrogens (tertiary/aromatic N) is 2. The number of anilines is 1. The van der Waals surface area contributed by atoms with E-state index in [0.29, 0.717) is 19.0 Å². The lowest BCUT2D eigenvalue weighted by Crippen LogP contribution is -2.36. The fourth-order valence-electron chi connectivity index (χ4n) is 1.77. The molecule has 1 heterocycles. The fourth-order valence-corrected chi connectivity index (χ4v) is 1.77. The molecule has 1 saturated heterocycles. The Hall–Kier alpha value is -1.59. The number of nitrogens with one attached hydrogen (secondary N) is 1. The van der Waals surface area contributed by atoms with Crippen LogP contribution < -0.4 is 10.2 Å². The summed E-state index contributed by atoms with van der Waals surface area (Å²) in [5, 5.41) is 2.88. The second kappa shape index (κ2) is 5.84. The Labute approximate surface area is 107 Å². The van der Waals surface area contributed by atoms with Gasteiger partial charge in [0.1, 0.15) is 6.73 Å². The highest BCUT2D eigenvalue weighted by Gasteiger charge is 2.13. The summed E-state index contributed by atoms with van der Waals surface area (Å²) >= 11 is 0. The monoisotopic (exact) mass is 249 g/mol. The van der Waals surface area contributed by atoms with E-state index in [4.69, 9.17) is 4.74 Å². The van der Waals surface area contributed by atoms with Gasteiger partial charge in [-0.05, 0) is 24.3 Å². The van der Waals surface area contributed by atoms with Gasteiger partial charge in [0.25, 0.3) is 5.91 Å². The molecule has 0 atom stereocenters. The third kappa shape index (κ3) is 3.21. The fraction of sp³-hybridized carbons (Fsp3) is 0.462. The maximum absolute atomic E-state index is 11.9. The van der Waals surface area contributed by atoms with E-state index in [1.165, 1.54) is 0 Å². The van der Waals surface area contributed by atoms with Gasteiger partial charge in [0.15, 0.2) is 0 Å². The predicted octanol–water partition coefficient (Wildman–Crippen LogP) is 0.730. The van der Waals surface area contributed by atoms with Crippen LogP contribution in [0.15, 0.2) is 24.3 Å². The molecule has 1 N–H and O–H groups in total. The smallest absolute Gasteiger partial charge is 0.252 e. The van der Waals surface area contributed by atoms with Crippen LogP contribution >= 0.6 is 0 Å². The van der Waals surface area contributed by atoms with Crippen molar-refractivity contribution in [1.29, 1.82) is 0 Å². The lowest BCUT2D eigenvalue weighted by Gasteiger charge is -2.15. The Morgan fingerprint density at radius 1 is 1.39 bits per heavy atom. The van der Waals surface area contributed by atoms with E-state index in [9.17, 15) is 4.79 Å². The standard InChI is InChI=1S/C13H19N3O2/c1-15(2)12-5-3-11(4-6-12)13(17)14-9-16-7-8-18-10-16/h3-6H,7-10H2,1-2H3,(H,14,17). The Morgan fingerprint density at radius 2 is 2.11 bits per heavy atom. The number of rotatable bonds is 4. The van der Waals surface area contributed by atoms with E-state index in [2.05, 4.69) is 5.32 Å². The molecule has 0 unspecified atom stereocenters. The van der Waals surface area contributed by atoms with Crippen molar-refractivity contribution in [1.82, 2.24) is 10.2 Å². The van der Waals surface area contributed by atoms with E-state index in [0.717, 1.165) is 18.8 Å². The highest BCUT2D eigenvalue weighted by molar-refractivity contribution is 5.94. The van der Waals surface area contributed by atoms with Crippen LogP contribution in [0.1, 0.15) is 10.4 Å². The largest absolute Gasteiger partial charge is 0.378 e. The molecule has 1 aromatic carbocycles. The van der Waals surface area contributed by atoms with Crippen molar-refractivity contribution in [2.45, 2.75) is 0 Å². The molecule has 1 aliphatic rings. The van der Waals surface area contributed by atoms with Gasteiger partial charge in [-0.25, -0.2) is 0 Å².